The highest BCUT2D eigenvalue weighted by atomic mass is 32.1. The Labute approximate surface area is 124 Å². The quantitative estimate of drug-likeness (QED) is 0.452. The molecule has 1 aromatic heterocycles. The summed E-state index contributed by atoms with van der Waals surface area (Å²) in [6.45, 7) is 3.73. The summed E-state index contributed by atoms with van der Waals surface area (Å²) in [6, 6.07) is 3.81. The van der Waals surface area contributed by atoms with E-state index in [1.165, 1.54) is 23.5 Å². The van der Waals surface area contributed by atoms with Gasteiger partial charge in [0, 0.05) is 17.0 Å². The summed E-state index contributed by atoms with van der Waals surface area (Å²) in [5, 5.41) is 13.8. The number of nitrogens with two attached hydrogens (primary N) is 1. The molecule has 0 aliphatic heterocycles. The number of nitro groups is 1. The van der Waals surface area contributed by atoms with Gasteiger partial charge in [0.05, 0.1) is 21.9 Å². The maximum Gasteiger partial charge on any atom is 0.270 e. The molecule has 1 amide bonds. The van der Waals surface area contributed by atoms with Crippen LogP contribution in [0.1, 0.15) is 20.9 Å². The average molecular weight is 307 g/mol. The van der Waals surface area contributed by atoms with Gasteiger partial charge in [-0.05, 0) is 19.9 Å². The van der Waals surface area contributed by atoms with Gasteiger partial charge in [0.1, 0.15) is 0 Å². The molecule has 0 atom stereocenters. The van der Waals surface area contributed by atoms with E-state index in [1.54, 1.807) is 0 Å². The van der Waals surface area contributed by atoms with Crippen molar-refractivity contribution in [3.63, 3.8) is 0 Å². The Balaban J connectivity index is 2.33. The highest BCUT2D eigenvalue weighted by molar-refractivity contribution is 7.15. The number of carbonyl (C=O) groups excluding carboxylic acids is 1. The van der Waals surface area contributed by atoms with Crippen LogP contribution in [0.15, 0.2) is 18.2 Å². The highest BCUT2D eigenvalue weighted by Gasteiger charge is 2.17. The lowest BCUT2D eigenvalue weighted by atomic mass is 10.1. The molecular weight excluding hydrogens is 294 g/mol. The number of thiazole rings is 1. The van der Waals surface area contributed by atoms with Crippen molar-refractivity contribution in [1.29, 1.82) is 0 Å². The van der Waals surface area contributed by atoms with Gasteiger partial charge in [-0.1, -0.05) is 0 Å². The first-order valence-electron chi connectivity index (χ1n) is 5.93. The van der Waals surface area contributed by atoms with E-state index in [0.29, 0.717) is 10.8 Å². The summed E-state index contributed by atoms with van der Waals surface area (Å²) in [7, 11) is 0. The van der Waals surface area contributed by atoms with Gasteiger partial charge in [0.25, 0.3) is 11.6 Å². The fourth-order valence-corrected chi connectivity index (χ4v) is 2.46. The van der Waals surface area contributed by atoms with Crippen molar-refractivity contribution in [2.45, 2.75) is 13.8 Å². The third-order valence-electron chi connectivity index (χ3n) is 2.86. The fourth-order valence-electron chi connectivity index (χ4n) is 1.65. The Morgan fingerprint density at radius 3 is 2.67 bits per heavy atom. The molecule has 9 heteroatoms. The normalized spacial score (nSPS) is 10.2. The van der Waals surface area contributed by atoms with Crippen molar-refractivity contribution in [1.82, 2.24) is 4.98 Å². The number of hydrogen-bond acceptors (Lipinski definition) is 7. The van der Waals surface area contributed by atoms with E-state index in [2.05, 4.69) is 15.7 Å². The number of carbonyl (C=O) groups is 1. The summed E-state index contributed by atoms with van der Waals surface area (Å²) in [6.07, 6.45) is 0. The monoisotopic (exact) mass is 307 g/mol. The zero-order chi connectivity index (χ0) is 15.6. The Morgan fingerprint density at radius 2 is 2.14 bits per heavy atom. The van der Waals surface area contributed by atoms with Crippen molar-refractivity contribution in [2.75, 3.05) is 10.7 Å². The van der Waals surface area contributed by atoms with Gasteiger partial charge in [-0.15, -0.1) is 11.3 Å². The van der Waals surface area contributed by atoms with Crippen LogP contribution >= 0.6 is 11.3 Å². The zero-order valence-corrected chi connectivity index (χ0v) is 12.2. The van der Waals surface area contributed by atoms with E-state index in [1.807, 2.05) is 13.8 Å². The second-order valence-corrected chi connectivity index (χ2v) is 5.45. The number of nitrogen functional groups attached to an aromatic ring is 1. The Kier molecular flexibility index (Phi) is 4.15. The molecule has 0 radical (unpaired) electrons. The molecule has 0 unspecified atom stereocenters. The van der Waals surface area contributed by atoms with Crippen molar-refractivity contribution in [3.8, 4) is 0 Å². The van der Waals surface area contributed by atoms with Gasteiger partial charge in [-0.3, -0.25) is 26.1 Å². The molecule has 0 bridgehead atoms. The van der Waals surface area contributed by atoms with Crippen LogP contribution in [0.5, 0.6) is 0 Å². The zero-order valence-electron chi connectivity index (χ0n) is 11.3. The Hall–Kier alpha value is -2.52. The van der Waals surface area contributed by atoms with E-state index in [0.717, 1.165) is 16.6 Å². The Morgan fingerprint density at radius 1 is 1.43 bits per heavy atom. The van der Waals surface area contributed by atoms with Crippen molar-refractivity contribution in [2.24, 2.45) is 5.84 Å². The third-order valence-corrected chi connectivity index (χ3v) is 3.85. The van der Waals surface area contributed by atoms with Crippen molar-refractivity contribution >= 4 is 33.8 Å². The number of hydrazine groups is 1. The average Bonchev–Trinajstić information content (AvgIpc) is 2.76. The van der Waals surface area contributed by atoms with Crippen LogP contribution in [0.3, 0.4) is 0 Å². The minimum Gasteiger partial charge on any atom is -0.323 e. The number of nitro benzene ring substituents is 1. The summed E-state index contributed by atoms with van der Waals surface area (Å²) in [5.41, 5.74) is 3.36. The van der Waals surface area contributed by atoms with E-state index in [4.69, 9.17) is 5.84 Å². The number of hydrogen-bond donors (Lipinski definition) is 3. The molecule has 0 spiro atoms. The van der Waals surface area contributed by atoms with Crippen molar-refractivity contribution < 1.29 is 9.72 Å². The summed E-state index contributed by atoms with van der Waals surface area (Å²) >= 11 is 1.33. The maximum atomic E-state index is 12.2. The van der Waals surface area contributed by atoms with E-state index in [-0.39, 0.29) is 11.3 Å². The molecule has 8 nitrogen and oxygen atoms in total. The van der Waals surface area contributed by atoms with Gasteiger partial charge < -0.3 is 5.43 Å². The smallest absolute Gasteiger partial charge is 0.270 e. The second-order valence-electron chi connectivity index (χ2n) is 4.25. The van der Waals surface area contributed by atoms with Gasteiger partial charge in [0.15, 0.2) is 5.13 Å². The molecule has 1 heterocycles. The summed E-state index contributed by atoms with van der Waals surface area (Å²) in [4.78, 5) is 27.6. The molecule has 110 valence electrons. The van der Waals surface area contributed by atoms with Crippen LogP contribution in [0.4, 0.5) is 16.5 Å². The van der Waals surface area contributed by atoms with Crippen LogP contribution < -0.4 is 16.6 Å². The number of amides is 1. The van der Waals surface area contributed by atoms with Crippen LogP contribution in [0.25, 0.3) is 0 Å². The lowest BCUT2D eigenvalue weighted by molar-refractivity contribution is -0.384. The van der Waals surface area contributed by atoms with E-state index in [9.17, 15) is 14.9 Å². The van der Waals surface area contributed by atoms with Gasteiger partial charge >= 0.3 is 0 Å². The molecule has 0 saturated heterocycles. The molecule has 21 heavy (non-hydrogen) atoms. The molecule has 4 N–H and O–H groups in total. The number of aromatic nitrogens is 1. The first-order chi connectivity index (χ1) is 9.92. The van der Waals surface area contributed by atoms with Crippen LogP contribution in [0, 0.1) is 24.0 Å². The molecular formula is C12H13N5O3S. The predicted molar refractivity (Wildman–Crippen MR) is 80.4 cm³/mol. The van der Waals surface area contributed by atoms with Crippen molar-refractivity contribution in [3.05, 3.63) is 44.4 Å². The standard InChI is InChI=1S/C12H13N5O3S/c1-6-7(2)21-12(14-6)15-11(18)9-5-8(17(19)20)3-4-10(9)16-13/h3-5,16H,13H2,1-2H3,(H,14,15,18). The second kappa shape index (κ2) is 5.85. The molecule has 1 aromatic carbocycles. The first-order valence-corrected chi connectivity index (χ1v) is 6.74. The number of benzene rings is 1. The number of non-ortho nitro benzene ring substituents is 1. The lowest BCUT2D eigenvalue weighted by Crippen LogP contribution is -2.17. The minimum atomic E-state index is -0.575. The fraction of sp³-hybridized carbons (Fsp3) is 0.167. The van der Waals surface area contributed by atoms with Crippen LogP contribution in [-0.4, -0.2) is 15.8 Å². The largest absolute Gasteiger partial charge is 0.323 e. The number of rotatable bonds is 4. The van der Waals surface area contributed by atoms with Gasteiger partial charge in [-0.2, -0.15) is 0 Å². The predicted octanol–water partition coefficient (Wildman–Crippen LogP) is 2.21. The van der Waals surface area contributed by atoms with Gasteiger partial charge in [-0.25, -0.2) is 4.98 Å². The molecule has 0 fully saturated rings. The SMILES string of the molecule is Cc1nc(NC(=O)c2cc([N+](=O)[O-])ccc2NN)sc1C. The maximum absolute atomic E-state index is 12.2. The topological polar surface area (TPSA) is 123 Å². The molecule has 2 rings (SSSR count). The number of anilines is 2. The molecule has 0 aliphatic carbocycles. The first kappa shape index (κ1) is 14.9. The summed E-state index contributed by atoms with van der Waals surface area (Å²) < 4.78 is 0. The van der Waals surface area contributed by atoms with Crippen LogP contribution in [-0.2, 0) is 0 Å². The lowest BCUT2D eigenvalue weighted by Gasteiger charge is -2.08. The summed E-state index contributed by atoms with van der Waals surface area (Å²) in [5.74, 6) is 4.81. The minimum absolute atomic E-state index is 0.0807. The number of aryl methyl sites for hydroxylation is 2. The molecule has 2 aromatic rings. The van der Waals surface area contributed by atoms with E-state index >= 15 is 0 Å². The third kappa shape index (κ3) is 3.15. The molecule has 0 aliphatic rings. The Bertz CT molecular complexity index is 693. The number of nitrogens with zero attached hydrogens (tertiary/aromatic N) is 2. The van der Waals surface area contributed by atoms with Gasteiger partial charge in [0.2, 0.25) is 0 Å². The number of nitrogens with one attached hydrogen (secondary N) is 2. The highest BCUT2D eigenvalue weighted by Crippen LogP contribution is 2.25. The van der Waals surface area contributed by atoms with Crippen LogP contribution in [0.2, 0.25) is 0 Å². The molecule has 0 saturated carbocycles. The van der Waals surface area contributed by atoms with E-state index < -0.39 is 10.8 Å².